The Morgan fingerprint density at radius 3 is 2.55 bits per heavy atom. The fraction of sp³-hybridized carbons (Fsp3) is 0. The van der Waals surface area contributed by atoms with Gasteiger partial charge in [0.1, 0.15) is 17.5 Å². The average Bonchev–Trinajstić information content (AvgIpc) is 2.69. The van der Waals surface area contributed by atoms with Crippen LogP contribution in [0.3, 0.4) is 0 Å². The molecule has 2 N–H and O–H groups in total. The molecule has 0 aliphatic carbocycles. The van der Waals surface area contributed by atoms with Crippen LogP contribution in [0, 0.1) is 17.5 Å². The molecule has 3 aromatic rings. The second kappa shape index (κ2) is 4.52. The molecule has 7 heteroatoms. The first-order valence-electron chi connectivity index (χ1n) is 5.56. The van der Waals surface area contributed by atoms with Gasteiger partial charge in [-0.15, -0.1) is 0 Å². The number of hydrogen-bond acceptors (Lipinski definition) is 2. The molecule has 1 aromatic heterocycles. The monoisotopic (exact) mass is 341 g/mol. The molecule has 1 heterocycles. The molecule has 0 spiro atoms. The summed E-state index contributed by atoms with van der Waals surface area (Å²) in [5, 5.41) is 0. The number of aromatic nitrogens is 2. The molecule has 2 aromatic carbocycles. The Labute approximate surface area is 120 Å². The zero-order valence-electron chi connectivity index (χ0n) is 9.87. The highest BCUT2D eigenvalue weighted by atomic mass is 79.9. The summed E-state index contributed by atoms with van der Waals surface area (Å²) in [7, 11) is 0. The molecule has 0 fully saturated rings. The van der Waals surface area contributed by atoms with E-state index in [4.69, 9.17) is 5.73 Å². The normalized spacial score (nSPS) is 11.2. The molecular weight excluding hydrogens is 335 g/mol. The van der Waals surface area contributed by atoms with E-state index in [9.17, 15) is 13.2 Å². The smallest absolute Gasteiger partial charge is 0.206 e. The summed E-state index contributed by atoms with van der Waals surface area (Å²) in [5.41, 5.74) is 6.46. The van der Waals surface area contributed by atoms with Crippen molar-refractivity contribution in [3.63, 3.8) is 0 Å². The van der Waals surface area contributed by atoms with Crippen LogP contribution in [0.5, 0.6) is 0 Å². The van der Waals surface area contributed by atoms with Gasteiger partial charge in [0.15, 0.2) is 0 Å². The fourth-order valence-electron chi connectivity index (χ4n) is 2.00. The van der Waals surface area contributed by atoms with E-state index in [1.807, 2.05) is 0 Å². The van der Waals surface area contributed by atoms with Gasteiger partial charge in [-0.1, -0.05) is 0 Å². The maximum atomic E-state index is 13.9. The molecule has 0 aliphatic rings. The molecule has 3 rings (SSSR count). The minimum atomic E-state index is -0.819. The van der Waals surface area contributed by atoms with E-state index in [1.165, 1.54) is 28.8 Å². The number of nitrogen functional groups attached to an aromatic ring is 1. The van der Waals surface area contributed by atoms with E-state index in [0.717, 1.165) is 6.07 Å². The van der Waals surface area contributed by atoms with Crippen LogP contribution in [0.15, 0.2) is 34.8 Å². The first-order valence-corrected chi connectivity index (χ1v) is 6.35. The van der Waals surface area contributed by atoms with Crippen molar-refractivity contribution in [2.24, 2.45) is 0 Å². The second-order valence-electron chi connectivity index (χ2n) is 4.16. The van der Waals surface area contributed by atoms with Crippen molar-refractivity contribution in [1.82, 2.24) is 9.55 Å². The molecule has 0 atom stereocenters. The molecule has 0 amide bonds. The maximum absolute atomic E-state index is 13.9. The summed E-state index contributed by atoms with van der Waals surface area (Å²) in [4.78, 5) is 4.02. The predicted molar refractivity (Wildman–Crippen MR) is 73.1 cm³/mol. The first-order chi connectivity index (χ1) is 9.47. The molecular formula is C13H7BrF3N3. The number of benzene rings is 2. The number of rotatable bonds is 1. The van der Waals surface area contributed by atoms with Crippen molar-refractivity contribution in [2.75, 3.05) is 5.73 Å². The van der Waals surface area contributed by atoms with E-state index in [-0.39, 0.29) is 16.1 Å². The number of fused-ring (bicyclic) bond motifs is 1. The van der Waals surface area contributed by atoms with Crippen molar-refractivity contribution in [1.29, 1.82) is 0 Å². The standard InChI is InChI=1S/C13H7BrF3N3/c14-7-4-11(9(17)5-8(7)16)20-12-3-6(15)1-2-10(12)19-13(20)18/h1-5H,(H2,18,19). The summed E-state index contributed by atoms with van der Waals surface area (Å²) in [5.74, 6) is -2.07. The molecule has 102 valence electrons. The second-order valence-corrected chi connectivity index (χ2v) is 5.01. The number of nitrogens with two attached hydrogens (primary N) is 1. The molecule has 0 radical (unpaired) electrons. The fourth-order valence-corrected chi connectivity index (χ4v) is 2.33. The Hall–Kier alpha value is -2.02. The van der Waals surface area contributed by atoms with Gasteiger partial charge in [0, 0.05) is 12.1 Å². The predicted octanol–water partition coefficient (Wildman–Crippen LogP) is 3.79. The highest BCUT2D eigenvalue weighted by Crippen LogP contribution is 2.28. The van der Waals surface area contributed by atoms with Crippen LogP contribution in [0.25, 0.3) is 16.7 Å². The van der Waals surface area contributed by atoms with Crippen molar-refractivity contribution >= 4 is 32.9 Å². The van der Waals surface area contributed by atoms with Gasteiger partial charge in [-0.25, -0.2) is 18.2 Å². The third kappa shape index (κ3) is 1.94. The first kappa shape index (κ1) is 13.0. The van der Waals surface area contributed by atoms with Gasteiger partial charge >= 0.3 is 0 Å². The Balaban J connectivity index is 2.37. The quantitative estimate of drug-likeness (QED) is 0.684. The Bertz CT molecular complexity index is 829. The maximum Gasteiger partial charge on any atom is 0.206 e. The van der Waals surface area contributed by atoms with E-state index in [1.54, 1.807) is 0 Å². The van der Waals surface area contributed by atoms with E-state index < -0.39 is 17.5 Å². The molecule has 0 unspecified atom stereocenters. The lowest BCUT2D eigenvalue weighted by Crippen LogP contribution is -2.04. The molecule has 0 bridgehead atoms. The van der Waals surface area contributed by atoms with Crippen LogP contribution < -0.4 is 5.73 Å². The Morgan fingerprint density at radius 1 is 1.05 bits per heavy atom. The van der Waals surface area contributed by atoms with Gasteiger partial charge in [0.25, 0.3) is 0 Å². The van der Waals surface area contributed by atoms with Crippen LogP contribution >= 0.6 is 15.9 Å². The summed E-state index contributed by atoms with van der Waals surface area (Å²) in [6.45, 7) is 0. The van der Waals surface area contributed by atoms with Gasteiger partial charge < -0.3 is 5.73 Å². The lowest BCUT2D eigenvalue weighted by Gasteiger charge is -2.09. The molecule has 0 aliphatic heterocycles. The largest absolute Gasteiger partial charge is 0.369 e. The third-order valence-corrected chi connectivity index (χ3v) is 3.48. The average molecular weight is 342 g/mol. The molecule has 0 saturated heterocycles. The van der Waals surface area contributed by atoms with Crippen molar-refractivity contribution in [3.8, 4) is 5.69 Å². The lowest BCUT2D eigenvalue weighted by molar-refractivity contribution is 0.574. The molecule has 20 heavy (non-hydrogen) atoms. The van der Waals surface area contributed by atoms with Crippen LogP contribution in [-0.2, 0) is 0 Å². The van der Waals surface area contributed by atoms with Gasteiger partial charge in [-0.2, -0.15) is 0 Å². The SMILES string of the molecule is Nc1nc2ccc(F)cc2n1-c1cc(Br)c(F)cc1F. The van der Waals surface area contributed by atoms with Gasteiger partial charge in [-0.3, -0.25) is 4.57 Å². The number of hydrogen-bond donors (Lipinski definition) is 1. The zero-order valence-corrected chi connectivity index (χ0v) is 11.5. The van der Waals surface area contributed by atoms with Crippen LogP contribution in [0.1, 0.15) is 0 Å². The highest BCUT2D eigenvalue weighted by molar-refractivity contribution is 9.10. The topological polar surface area (TPSA) is 43.8 Å². The van der Waals surface area contributed by atoms with Crippen LogP contribution in [-0.4, -0.2) is 9.55 Å². The number of imidazole rings is 1. The van der Waals surface area contributed by atoms with Crippen LogP contribution in [0.4, 0.5) is 19.1 Å². The zero-order chi connectivity index (χ0) is 14.4. The number of nitrogens with zero attached hydrogens (tertiary/aromatic N) is 2. The van der Waals surface area contributed by atoms with E-state index >= 15 is 0 Å². The van der Waals surface area contributed by atoms with Gasteiger partial charge in [-0.05, 0) is 34.1 Å². The summed E-state index contributed by atoms with van der Waals surface area (Å²) in [6.07, 6.45) is 0. The summed E-state index contributed by atoms with van der Waals surface area (Å²) < 4.78 is 41.9. The Kier molecular flexibility index (Phi) is 2.93. The van der Waals surface area contributed by atoms with Gasteiger partial charge in [0.05, 0.1) is 21.2 Å². The summed E-state index contributed by atoms with van der Waals surface area (Å²) in [6, 6.07) is 5.82. The minimum Gasteiger partial charge on any atom is -0.369 e. The third-order valence-electron chi connectivity index (χ3n) is 2.87. The molecule has 3 nitrogen and oxygen atoms in total. The Morgan fingerprint density at radius 2 is 1.80 bits per heavy atom. The van der Waals surface area contributed by atoms with Crippen molar-refractivity contribution < 1.29 is 13.2 Å². The molecule has 0 saturated carbocycles. The van der Waals surface area contributed by atoms with Crippen molar-refractivity contribution in [2.45, 2.75) is 0 Å². The summed E-state index contributed by atoms with van der Waals surface area (Å²) >= 11 is 2.98. The highest BCUT2D eigenvalue weighted by Gasteiger charge is 2.16. The lowest BCUT2D eigenvalue weighted by atomic mass is 10.2. The van der Waals surface area contributed by atoms with E-state index in [2.05, 4.69) is 20.9 Å². The number of halogens is 4. The van der Waals surface area contributed by atoms with Crippen molar-refractivity contribution in [3.05, 3.63) is 52.3 Å². The van der Waals surface area contributed by atoms with Crippen LogP contribution in [0.2, 0.25) is 0 Å². The van der Waals surface area contributed by atoms with E-state index in [0.29, 0.717) is 11.0 Å². The number of anilines is 1. The minimum absolute atomic E-state index is 0.0103. The van der Waals surface area contributed by atoms with Gasteiger partial charge in [0.2, 0.25) is 5.95 Å².